The predicted molar refractivity (Wildman–Crippen MR) is 117 cm³/mol. The van der Waals surface area contributed by atoms with Gasteiger partial charge in [0, 0.05) is 48.8 Å². The van der Waals surface area contributed by atoms with Crippen LogP contribution >= 0.6 is 0 Å². The number of nitrogens with zero attached hydrogens (tertiary/aromatic N) is 2. The lowest BCUT2D eigenvalue weighted by atomic mass is 10.0. The fourth-order valence-electron chi connectivity index (χ4n) is 4.10. The molecule has 0 aliphatic carbocycles. The highest BCUT2D eigenvalue weighted by Crippen LogP contribution is 2.32. The number of nitrogens with one attached hydrogen (secondary N) is 2. The molecule has 0 bridgehead atoms. The van der Waals surface area contributed by atoms with Crippen molar-refractivity contribution in [1.29, 1.82) is 0 Å². The van der Waals surface area contributed by atoms with Crippen LogP contribution in [0, 0.1) is 18.6 Å². The Hall–Kier alpha value is -3.25. The van der Waals surface area contributed by atoms with Gasteiger partial charge in [0.05, 0.1) is 11.3 Å². The zero-order valence-corrected chi connectivity index (χ0v) is 16.7. The van der Waals surface area contributed by atoms with E-state index in [-0.39, 0.29) is 5.56 Å². The van der Waals surface area contributed by atoms with Crippen LogP contribution in [0.3, 0.4) is 0 Å². The molecule has 6 heteroatoms. The summed E-state index contributed by atoms with van der Waals surface area (Å²) in [5.41, 5.74) is 4.46. The maximum absolute atomic E-state index is 14.2. The molecule has 1 aliphatic heterocycles. The summed E-state index contributed by atoms with van der Waals surface area (Å²) in [6.45, 7) is 5.94. The average molecular weight is 404 g/mol. The fraction of sp³-hybridized carbons (Fsp3) is 0.208. The molecule has 2 N–H and O–H groups in total. The van der Waals surface area contributed by atoms with E-state index in [0.717, 1.165) is 59.6 Å². The minimum Gasteiger partial charge on any atom is -0.354 e. The second-order valence-electron chi connectivity index (χ2n) is 7.68. The quantitative estimate of drug-likeness (QED) is 0.511. The average Bonchev–Trinajstić information content (AvgIpc) is 3.17. The van der Waals surface area contributed by atoms with Gasteiger partial charge in [0.1, 0.15) is 17.5 Å². The number of halogens is 2. The summed E-state index contributed by atoms with van der Waals surface area (Å²) >= 11 is 0. The summed E-state index contributed by atoms with van der Waals surface area (Å²) in [7, 11) is 0. The first kappa shape index (κ1) is 18.8. The molecule has 1 fully saturated rings. The van der Waals surface area contributed by atoms with Gasteiger partial charge in [-0.3, -0.25) is 0 Å². The SMILES string of the molecule is Cc1cc(N2CCNCC2)ncc1-c1ccc2[nH]c(-c3c(F)cccc3F)cc2c1. The summed E-state index contributed by atoms with van der Waals surface area (Å²) < 4.78 is 28.4. The number of aryl methyl sites for hydroxylation is 1. The van der Waals surface area contributed by atoms with Crippen molar-refractivity contribution < 1.29 is 8.78 Å². The van der Waals surface area contributed by atoms with Crippen molar-refractivity contribution in [3.8, 4) is 22.4 Å². The maximum atomic E-state index is 14.2. The topological polar surface area (TPSA) is 44.0 Å². The molecule has 0 amide bonds. The Morgan fingerprint density at radius 1 is 0.967 bits per heavy atom. The van der Waals surface area contributed by atoms with Crippen molar-refractivity contribution in [3.05, 3.63) is 71.9 Å². The zero-order chi connectivity index (χ0) is 20.7. The van der Waals surface area contributed by atoms with Crippen molar-refractivity contribution in [2.24, 2.45) is 0 Å². The number of anilines is 1. The number of H-pyrrole nitrogens is 1. The molecule has 152 valence electrons. The van der Waals surface area contributed by atoms with Crippen molar-refractivity contribution in [2.45, 2.75) is 6.92 Å². The number of pyridine rings is 1. The Bertz CT molecular complexity index is 1210. The van der Waals surface area contributed by atoms with E-state index in [0.29, 0.717) is 5.69 Å². The van der Waals surface area contributed by atoms with Gasteiger partial charge in [-0.25, -0.2) is 13.8 Å². The van der Waals surface area contributed by atoms with Gasteiger partial charge in [-0.1, -0.05) is 12.1 Å². The van der Waals surface area contributed by atoms with E-state index in [9.17, 15) is 8.78 Å². The highest BCUT2D eigenvalue weighted by atomic mass is 19.1. The molecule has 2 aromatic heterocycles. The van der Waals surface area contributed by atoms with Gasteiger partial charge in [-0.2, -0.15) is 0 Å². The molecule has 1 saturated heterocycles. The molecule has 0 atom stereocenters. The number of hydrogen-bond donors (Lipinski definition) is 2. The van der Waals surface area contributed by atoms with Gasteiger partial charge in [0.2, 0.25) is 0 Å². The molecule has 1 aliphatic rings. The molecule has 2 aromatic carbocycles. The molecule has 4 aromatic rings. The first-order valence-electron chi connectivity index (χ1n) is 10.1. The standard InChI is InChI=1S/C24H22F2N4/c1-15-11-23(30-9-7-27-8-10-30)28-14-18(15)16-5-6-21-17(12-16)13-22(29-21)24-19(25)3-2-4-20(24)26/h2-6,11-14,27,29H,7-10H2,1H3. The summed E-state index contributed by atoms with van der Waals surface area (Å²) in [5, 5.41) is 4.25. The van der Waals surface area contributed by atoms with E-state index in [4.69, 9.17) is 0 Å². The van der Waals surface area contributed by atoms with Crippen LogP contribution in [0.25, 0.3) is 33.3 Å². The Kier molecular flexibility index (Phi) is 4.71. The predicted octanol–water partition coefficient (Wildman–Crippen LogP) is 4.89. The van der Waals surface area contributed by atoms with Crippen LogP contribution in [0.1, 0.15) is 5.56 Å². The van der Waals surface area contributed by atoms with E-state index in [1.165, 1.54) is 18.2 Å². The van der Waals surface area contributed by atoms with E-state index < -0.39 is 11.6 Å². The van der Waals surface area contributed by atoms with Crippen molar-refractivity contribution in [1.82, 2.24) is 15.3 Å². The molecule has 30 heavy (non-hydrogen) atoms. The third kappa shape index (κ3) is 3.33. The van der Waals surface area contributed by atoms with Gasteiger partial charge < -0.3 is 15.2 Å². The Labute approximate surface area is 173 Å². The lowest BCUT2D eigenvalue weighted by Gasteiger charge is -2.28. The number of rotatable bonds is 3. The molecular weight excluding hydrogens is 382 g/mol. The minimum absolute atomic E-state index is 0.0338. The smallest absolute Gasteiger partial charge is 0.135 e. The largest absolute Gasteiger partial charge is 0.354 e. The fourth-order valence-corrected chi connectivity index (χ4v) is 4.10. The number of aromatic nitrogens is 2. The number of aromatic amines is 1. The number of hydrogen-bond acceptors (Lipinski definition) is 3. The van der Waals surface area contributed by atoms with Crippen LogP contribution in [-0.4, -0.2) is 36.1 Å². The van der Waals surface area contributed by atoms with Crippen molar-refractivity contribution in [3.63, 3.8) is 0 Å². The first-order valence-corrected chi connectivity index (χ1v) is 10.1. The van der Waals surface area contributed by atoms with E-state index in [1.807, 2.05) is 24.4 Å². The molecule has 0 radical (unpaired) electrons. The van der Waals surface area contributed by atoms with E-state index in [2.05, 4.69) is 33.2 Å². The molecule has 0 spiro atoms. The van der Waals surface area contributed by atoms with Crippen LogP contribution in [0.2, 0.25) is 0 Å². The second-order valence-corrected chi connectivity index (χ2v) is 7.68. The van der Waals surface area contributed by atoms with Crippen molar-refractivity contribution in [2.75, 3.05) is 31.1 Å². The monoisotopic (exact) mass is 404 g/mol. The summed E-state index contributed by atoms with van der Waals surface area (Å²) in [6.07, 6.45) is 1.91. The maximum Gasteiger partial charge on any atom is 0.135 e. The third-order valence-electron chi connectivity index (χ3n) is 5.70. The second kappa shape index (κ2) is 7.54. The van der Waals surface area contributed by atoms with E-state index >= 15 is 0 Å². The van der Waals surface area contributed by atoms with Gasteiger partial charge >= 0.3 is 0 Å². The summed E-state index contributed by atoms with van der Waals surface area (Å²) in [6, 6.07) is 13.8. The third-order valence-corrected chi connectivity index (χ3v) is 5.70. The van der Waals surface area contributed by atoms with E-state index in [1.54, 1.807) is 6.07 Å². The van der Waals surface area contributed by atoms with Gasteiger partial charge in [-0.15, -0.1) is 0 Å². The Morgan fingerprint density at radius 3 is 2.47 bits per heavy atom. The van der Waals surface area contributed by atoms with Crippen LogP contribution in [0.4, 0.5) is 14.6 Å². The van der Waals surface area contributed by atoms with Crippen LogP contribution in [-0.2, 0) is 0 Å². The molecular formula is C24H22F2N4. The number of piperazine rings is 1. The minimum atomic E-state index is -0.578. The summed E-state index contributed by atoms with van der Waals surface area (Å²) in [4.78, 5) is 10.1. The molecule has 3 heterocycles. The lowest BCUT2D eigenvalue weighted by Crippen LogP contribution is -2.43. The zero-order valence-electron chi connectivity index (χ0n) is 16.7. The first-order chi connectivity index (χ1) is 14.6. The lowest BCUT2D eigenvalue weighted by molar-refractivity contribution is 0.585. The van der Waals surface area contributed by atoms with Gasteiger partial charge in [0.15, 0.2) is 0 Å². The van der Waals surface area contributed by atoms with Gasteiger partial charge in [0.25, 0.3) is 0 Å². The molecule has 0 unspecified atom stereocenters. The van der Waals surface area contributed by atoms with Crippen LogP contribution < -0.4 is 10.2 Å². The van der Waals surface area contributed by atoms with Gasteiger partial charge in [-0.05, 0) is 54.4 Å². The van der Waals surface area contributed by atoms with Crippen LogP contribution in [0.5, 0.6) is 0 Å². The molecule has 4 nitrogen and oxygen atoms in total. The highest BCUT2D eigenvalue weighted by molar-refractivity contribution is 5.90. The number of benzene rings is 2. The Balaban J connectivity index is 1.51. The molecule has 0 saturated carbocycles. The normalized spacial score (nSPS) is 14.4. The summed E-state index contributed by atoms with van der Waals surface area (Å²) in [5.74, 6) is -0.159. The van der Waals surface area contributed by atoms with Crippen molar-refractivity contribution >= 4 is 16.7 Å². The number of fused-ring (bicyclic) bond motifs is 1. The molecule has 5 rings (SSSR count). The van der Waals surface area contributed by atoms with Crippen LogP contribution in [0.15, 0.2) is 54.7 Å². The highest BCUT2D eigenvalue weighted by Gasteiger charge is 2.15. The Morgan fingerprint density at radius 2 is 1.73 bits per heavy atom.